The van der Waals surface area contributed by atoms with Crippen molar-refractivity contribution in [3.63, 3.8) is 0 Å². The van der Waals surface area contributed by atoms with E-state index >= 15 is 0 Å². The predicted molar refractivity (Wildman–Crippen MR) is 136 cm³/mol. The minimum absolute atomic E-state index is 0.191. The molecule has 9 nitrogen and oxygen atoms in total. The summed E-state index contributed by atoms with van der Waals surface area (Å²) in [6, 6.07) is 3.71. The second kappa shape index (κ2) is 10.8. The molecule has 3 heterocycles. The van der Waals surface area contributed by atoms with Crippen LogP contribution >= 0.6 is 23.2 Å². The maximum atomic E-state index is 6.66. The number of ether oxygens (including phenoxy) is 3. The van der Waals surface area contributed by atoms with Crippen LogP contribution in [0.5, 0.6) is 11.5 Å². The summed E-state index contributed by atoms with van der Waals surface area (Å²) in [6.07, 6.45) is 2.68. The lowest BCUT2D eigenvalue weighted by molar-refractivity contribution is 0.195. The molecule has 11 heteroatoms. The molecule has 1 aliphatic rings. The fourth-order valence-corrected chi connectivity index (χ4v) is 4.39. The Morgan fingerprint density at radius 3 is 2.47 bits per heavy atom. The molecule has 0 aliphatic carbocycles. The van der Waals surface area contributed by atoms with E-state index in [9.17, 15) is 0 Å². The highest BCUT2D eigenvalue weighted by Gasteiger charge is 2.22. The molecule has 182 valence electrons. The Morgan fingerprint density at radius 1 is 1.12 bits per heavy atom. The number of nitrogens with one attached hydrogen (secondary N) is 2. The molecular formula is C23H28Cl2N6O3. The first-order chi connectivity index (χ1) is 16.4. The third-order valence-electron chi connectivity index (χ3n) is 5.51. The zero-order chi connectivity index (χ0) is 24.2. The molecule has 0 bridgehead atoms. The molecule has 2 N–H and O–H groups in total. The zero-order valence-corrected chi connectivity index (χ0v) is 21.1. The number of likely N-dealkylation sites (N-methyl/N-ethyl adjacent to an activating group) is 1. The number of fused-ring (bicyclic) bond motifs is 1. The van der Waals surface area contributed by atoms with E-state index < -0.39 is 0 Å². The Bertz CT molecular complexity index is 1140. The van der Waals surface area contributed by atoms with Gasteiger partial charge < -0.3 is 29.7 Å². The average Bonchev–Trinajstić information content (AvgIpc) is 3.32. The van der Waals surface area contributed by atoms with Crippen LogP contribution in [0.3, 0.4) is 0 Å². The topological polar surface area (TPSA) is 93.7 Å². The van der Waals surface area contributed by atoms with Crippen LogP contribution in [0, 0.1) is 0 Å². The summed E-state index contributed by atoms with van der Waals surface area (Å²) in [5.74, 6) is 2.02. The molecule has 4 rings (SSSR count). The van der Waals surface area contributed by atoms with Gasteiger partial charge in [0.1, 0.15) is 17.0 Å². The van der Waals surface area contributed by atoms with Gasteiger partial charge in [0.2, 0.25) is 5.95 Å². The van der Waals surface area contributed by atoms with Gasteiger partial charge in [-0.05, 0) is 26.6 Å². The van der Waals surface area contributed by atoms with E-state index in [1.54, 1.807) is 12.3 Å². The summed E-state index contributed by atoms with van der Waals surface area (Å²) in [4.78, 5) is 16.2. The number of rotatable bonds is 9. The van der Waals surface area contributed by atoms with E-state index in [0.29, 0.717) is 63.2 Å². The highest BCUT2D eigenvalue weighted by Crippen LogP contribution is 2.46. The molecule has 1 fully saturated rings. The van der Waals surface area contributed by atoms with Crippen LogP contribution < -0.4 is 20.1 Å². The SMILES string of the molecule is COc1cc(OC)c(Cl)c(-c2cc3cnc(NC4CCOC4)nc3c(NCCN(C)C)n2)c1Cl. The molecule has 1 unspecified atom stereocenters. The first-order valence-corrected chi connectivity index (χ1v) is 11.7. The van der Waals surface area contributed by atoms with E-state index in [2.05, 4.69) is 20.5 Å². The Morgan fingerprint density at radius 2 is 1.85 bits per heavy atom. The summed E-state index contributed by atoms with van der Waals surface area (Å²) in [5.41, 5.74) is 1.77. The van der Waals surface area contributed by atoms with Gasteiger partial charge in [-0.2, -0.15) is 0 Å². The maximum absolute atomic E-state index is 6.66. The van der Waals surface area contributed by atoms with Crippen LogP contribution in [0.15, 0.2) is 18.3 Å². The minimum Gasteiger partial charge on any atom is -0.495 e. The predicted octanol–water partition coefficient (Wildman–Crippen LogP) is 4.19. The lowest BCUT2D eigenvalue weighted by Crippen LogP contribution is -2.22. The fraction of sp³-hybridized carbons (Fsp3) is 0.435. The van der Waals surface area contributed by atoms with Gasteiger partial charge in [-0.1, -0.05) is 23.2 Å². The van der Waals surface area contributed by atoms with E-state index in [4.69, 9.17) is 47.4 Å². The normalized spacial score (nSPS) is 15.7. The minimum atomic E-state index is 0.191. The zero-order valence-electron chi connectivity index (χ0n) is 19.6. The van der Waals surface area contributed by atoms with Gasteiger partial charge in [0, 0.05) is 42.9 Å². The van der Waals surface area contributed by atoms with Crippen LogP contribution in [0.2, 0.25) is 10.0 Å². The largest absolute Gasteiger partial charge is 0.495 e. The first kappa shape index (κ1) is 24.5. The van der Waals surface area contributed by atoms with E-state index in [1.807, 2.05) is 20.2 Å². The fourth-order valence-electron chi connectivity index (χ4n) is 3.70. The van der Waals surface area contributed by atoms with Crippen molar-refractivity contribution in [2.24, 2.45) is 0 Å². The number of hydrogen-bond acceptors (Lipinski definition) is 9. The highest BCUT2D eigenvalue weighted by atomic mass is 35.5. The highest BCUT2D eigenvalue weighted by molar-refractivity contribution is 6.41. The number of nitrogens with zero attached hydrogens (tertiary/aromatic N) is 4. The Balaban J connectivity index is 1.82. The summed E-state index contributed by atoms with van der Waals surface area (Å²) in [5, 5.41) is 8.23. The molecule has 0 spiro atoms. The van der Waals surface area contributed by atoms with Crippen molar-refractivity contribution in [2.75, 3.05) is 65.3 Å². The second-order valence-electron chi connectivity index (χ2n) is 8.21. The first-order valence-electron chi connectivity index (χ1n) is 10.9. The van der Waals surface area contributed by atoms with Gasteiger partial charge in [0.25, 0.3) is 0 Å². The van der Waals surface area contributed by atoms with E-state index in [0.717, 1.165) is 25.0 Å². The number of aromatic nitrogens is 3. The van der Waals surface area contributed by atoms with Crippen LogP contribution in [0.4, 0.5) is 11.8 Å². The van der Waals surface area contributed by atoms with Crippen molar-refractivity contribution in [1.29, 1.82) is 0 Å². The monoisotopic (exact) mass is 506 g/mol. The van der Waals surface area contributed by atoms with Gasteiger partial charge in [0.05, 0.1) is 42.6 Å². The smallest absolute Gasteiger partial charge is 0.223 e. The maximum Gasteiger partial charge on any atom is 0.223 e. The molecule has 1 aromatic carbocycles. The molecule has 1 aliphatic heterocycles. The molecule has 0 amide bonds. The molecule has 0 saturated carbocycles. The quantitative estimate of drug-likeness (QED) is 0.442. The van der Waals surface area contributed by atoms with Crippen LogP contribution in [-0.2, 0) is 4.74 Å². The van der Waals surface area contributed by atoms with Crippen molar-refractivity contribution in [1.82, 2.24) is 19.9 Å². The Hall–Kier alpha value is -2.59. The third-order valence-corrected chi connectivity index (χ3v) is 6.26. The number of hydrogen-bond donors (Lipinski definition) is 2. The Labute approximate surface area is 208 Å². The molecule has 34 heavy (non-hydrogen) atoms. The summed E-state index contributed by atoms with van der Waals surface area (Å²) < 4.78 is 16.3. The van der Waals surface area contributed by atoms with Gasteiger partial charge in [-0.3, -0.25) is 0 Å². The van der Waals surface area contributed by atoms with Gasteiger partial charge in [-0.25, -0.2) is 15.0 Å². The van der Waals surface area contributed by atoms with Crippen LogP contribution in [-0.4, -0.2) is 80.5 Å². The number of anilines is 2. The van der Waals surface area contributed by atoms with Crippen molar-refractivity contribution >= 4 is 45.9 Å². The van der Waals surface area contributed by atoms with Crippen molar-refractivity contribution in [3.8, 4) is 22.8 Å². The molecule has 0 radical (unpaired) electrons. The van der Waals surface area contributed by atoms with Gasteiger partial charge in [0.15, 0.2) is 5.82 Å². The number of halogens is 2. The van der Waals surface area contributed by atoms with E-state index in [1.165, 1.54) is 14.2 Å². The van der Waals surface area contributed by atoms with Crippen molar-refractivity contribution in [3.05, 3.63) is 28.4 Å². The van der Waals surface area contributed by atoms with E-state index in [-0.39, 0.29) is 6.04 Å². The molecule has 1 atom stereocenters. The summed E-state index contributed by atoms with van der Waals surface area (Å²) >= 11 is 13.3. The summed E-state index contributed by atoms with van der Waals surface area (Å²) in [6.45, 7) is 2.86. The van der Waals surface area contributed by atoms with Crippen molar-refractivity contribution in [2.45, 2.75) is 12.5 Å². The van der Waals surface area contributed by atoms with Gasteiger partial charge >= 0.3 is 0 Å². The molecular weight excluding hydrogens is 479 g/mol. The second-order valence-corrected chi connectivity index (χ2v) is 8.96. The third kappa shape index (κ3) is 5.22. The van der Waals surface area contributed by atoms with Crippen LogP contribution in [0.25, 0.3) is 22.2 Å². The molecule has 2 aromatic heterocycles. The average molecular weight is 507 g/mol. The number of methoxy groups -OCH3 is 2. The number of pyridine rings is 1. The van der Waals surface area contributed by atoms with Gasteiger partial charge in [-0.15, -0.1) is 0 Å². The lowest BCUT2D eigenvalue weighted by atomic mass is 10.1. The van der Waals surface area contributed by atoms with Crippen molar-refractivity contribution < 1.29 is 14.2 Å². The summed E-state index contributed by atoms with van der Waals surface area (Å²) in [7, 11) is 7.11. The Kier molecular flexibility index (Phi) is 7.77. The standard InChI is InChI=1S/C23H28Cl2N6O3/c1-31(2)7-6-26-22-21-13(11-27-23(30-21)28-14-5-8-34-12-14)9-15(29-22)18-19(24)16(32-3)10-17(33-4)20(18)25/h9-11,14H,5-8,12H2,1-4H3,(H,26,29)(H,27,28,30). The molecule has 1 saturated heterocycles. The van der Waals surface area contributed by atoms with Crippen LogP contribution in [0.1, 0.15) is 6.42 Å². The lowest BCUT2D eigenvalue weighted by Gasteiger charge is -2.17. The molecule has 3 aromatic rings. The number of benzene rings is 1.